The summed E-state index contributed by atoms with van der Waals surface area (Å²) in [6.45, 7) is -0.759. The van der Waals surface area contributed by atoms with E-state index in [0.29, 0.717) is 11.5 Å². The van der Waals surface area contributed by atoms with Gasteiger partial charge >= 0.3 is 6.61 Å². The molecule has 0 spiro atoms. The van der Waals surface area contributed by atoms with Crippen molar-refractivity contribution in [3.8, 4) is 5.75 Å². The second-order valence-corrected chi connectivity index (χ2v) is 5.03. The van der Waals surface area contributed by atoms with Crippen molar-refractivity contribution in [1.82, 2.24) is 5.32 Å². The molecule has 2 rings (SSSR count). The second-order valence-electron chi connectivity index (χ2n) is 5.03. The molecule has 0 heterocycles. The van der Waals surface area contributed by atoms with Gasteiger partial charge in [0.05, 0.1) is 6.10 Å². The maximum absolute atomic E-state index is 12.0. The quantitative estimate of drug-likeness (QED) is 0.841. The Morgan fingerprint density at radius 2 is 2.05 bits per heavy atom. The zero-order valence-corrected chi connectivity index (χ0v) is 11.1. The topological polar surface area (TPSA) is 58.6 Å². The van der Waals surface area contributed by atoms with Crippen LogP contribution in [0.3, 0.4) is 0 Å². The number of amides is 1. The molecule has 2 N–H and O–H groups in total. The standard InChI is InChI=1S/C14H17F2NO3/c1-8-6-11(8)13(19)17-7-12(18)9-2-4-10(5-3-9)20-14(15)16/h2-5,8,11-12,14,18H,6-7H2,1H3,(H,17,19). The molecule has 1 aliphatic rings. The van der Waals surface area contributed by atoms with Crippen LogP contribution in [0.25, 0.3) is 0 Å². The average Bonchev–Trinajstić information content (AvgIpc) is 3.13. The van der Waals surface area contributed by atoms with Crippen molar-refractivity contribution in [1.29, 1.82) is 0 Å². The summed E-state index contributed by atoms with van der Waals surface area (Å²) >= 11 is 0. The molecule has 1 fully saturated rings. The van der Waals surface area contributed by atoms with Gasteiger partial charge < -0.3 is 15.2 Å². The van der Waals surface area contributed by atoms with E-state index >= 15 is 0 Å². The van der Waals surface area contributed by atoms with Gasteiger partial charge in [0, 0.05) is 12.5 Å². The summed E-state index contributed by atoms with van der Waals surface area (Å²) in [7, 11) is 0. The van der Waals surface area contributed by atoms with Crippen molar-refractivity contribution in [2.45, 2.75) is 26.1 Å². The molecule has 20 heavy (non-hydrogen) atoms. The van der Waals surface area contributed by atoms with E-state index in [9.17, 15) is 18.7 Å². The number of ether oxygens (including phenoxy) is 1. The van der Waals surface area contributed by atoms with Crippen LogP contribution in [0.15, 0.2) is 24.3 Å². The third-order valence-electron chi connectivity index (χ3n) is 3.41. The number of carbonyl (C=O) groups is 1. The SMILES string of the molecule is CC1CC1C(=O)NCC(O)c1ccc(OC(F)F)cc1. The lowest BCUT2D eigenvalue weighted by Crippen LogP contribution is -2.29. The van der Waals surface area contributed by atoms with Crippen LogP contribution in [0.4, 0.5) is 8.78 Å². The lowest BCUT2D eigenvalue weighted by Gasteiger charge is -2.13. The molecule has 1 aromatic carbocycles. The first-order chi connectivity index (χ1) is 9.47. The molecule has 6 heteroatoms. The number of aliphatic hydroxyl groups excluding tert-OH is 1. The largest absolute Gasteiger partial charge is 0.435 e. The lowest BCUT2D eigenvalue weighted by molar-refractivity contribution is -0.123. The molecule has 0 radical (unpaired) electrons. The molecule has 1 aromatic rings. The van der Waals surface area contributed by atoms with E-state index in [2.05, 4.69) is 10.1 Å². The molecule has 4 nitrogen and oxygen atoms in total. The van der Waals surface area contributed by atoms with Crippen LogP contribution < -0.4 is 10.1 Å². The first-order valence-electron chi connectivity index (χ1n) is 6.48. The summed E-state index contributed by atoms with van der Waals surface area (Å²) in [6.07, 6.45) is 0.0234. The summed E-state index contributed by atoms with van der Waals surface area (Å²) in [5, 5.41) is 12.6. The number of nitrogens with one attached hydrogen (secondary N) is 1. The highest BCUT2D eigenvalue weighted by atomic mass is 19.3. The third-order valence-corrected chi connectivity index (χ3v) is 3.41. The maximum atomic E-state index is 12.0. The number of alkyl halides is 2. The Kier molecular flexibility index (Phi) is 4.54. The van der Waals surface area contributed by atoms with Gasteiger partial charge in [-0.2, -0.15) is 8.78 Å². The summed E-state index contributed by atoms with van der Waals surface area (Å²) in [4.78, 5) is 11.6. The molecule has 1 saturated carbocycles. The second kappa shape index (κ2) is 6.17. The van der Waals surface area contributed by atoms with Gasteiger partial charge in [-0.1, -0.05) is 19.1 Å². The van der Waals surface area contributed by atoms with Crippen LogP contribution in [0.2, 0.25) is 0 Å². The molecule has 3 atom stereocenters. The molecule has 1 aliphatic carbocycles. The molecule has 0 aliphatic heterocycles. The minimum Gasteiger partial charge on any atom is -0.435 e. The molecule has 1 amide bonds. The van der Waals surface area contributed by atoms with Gasteiger partial charge in [0.25, 0.3) is 0 Å². The van der Waals surface area contributed by atoms with Crippen molar-refractivity contribution in [3.63, 3.8) is 0 Å². The van der Waals surface area contributed by atoms with Crippen LogP contribution >= 0.6 is 0 Å². The van der Waals surface area contributed by atoms with E-state index in [4.69, 9.17) is 0 Å². The Labute approximate surface area is 115 Å². The Morgan fingerprint density at radius 3 is 2.55 bits per heavy atom. The fraction of sp³-hybridized carbons (Fsp3) is 0.500. The normalized spacial score (nSPS) is 22.4. The predicted octanol–water partition coefficient (Wildman–Crippen LogP) is 2.09. The monoisotopic (exact) mass is 285 g/mol. The van der Waals surface area contributed by atoms with Gasteiger partial charge in [-0.05, 0) is 30.0 Å². The fourth-order valence-corrected chi connectivity index (χ4v) is 2.01. The highest BCUT2D eigenvalue weighted by Gasteiger charge is 2.38. The average molecular weight is 285 g/mol. The summed E-state index contributed by atoms with van der Waals surface area (Å²) in [6, 6.07) is 5.70. The number of benzene rings is 1. The first kappa shape index (κ1) is 14.7. The highest BCUT2D eigenvalue weighted by molar-refractivity contribution is 5.81. The van der Waals surface area contributed by atoms with Crippen LogP contribution in [-0.4, -0.2) is 24.2 Å². The van der Waals surface area contributed by atoms with Crippen molar-refractivity contribution < 1.29 is 23.4 Å². The van der Waals surface area contributed by atoms with Gasteiger partial charge in [0.15, 0.2) is 0 Å². The molecule has 0 aromatic heterocycles. The number of hydrogen-bond acceptors (Lipinski definition) is 3. The van der Waals surface area contributed by atoms with E-state index in [1.54, 1.807) is 0 Å². The van der Waals surface area contributed by atoms with Crippen LogP contribution in [-0.2, 0) is 4.79 Å². The van der Waals surface area contributed by atoms with Gasteiger partial charge in [-0.25, -0.2) is 0 Å². The Hall–Kier alpha value is -1.69. The van der Waals surface area contributed by atoms with E-state index in [1.807, 2.05) is 6.92 Å². The van der Waals surface area contributed by atoms with Gasteiger partial charge in [0.1, 0.15) is 5.75 Å². The van der Waals surface area contributed by atoms with Gasteiger partial charge in [-0.3, -0.25) is 4.79 Å². The maximum Gasteiger partial charge on any atom is 0.387 e. The van der Waals surface area contributed by atoms with Crippen molar-refractivity contribution >= 4 is 5.91 Å². The Balaban J connectivity index is 1.82. The molecule has 110 valence electrons. The van der Waals surface area contributed by atoms with Crippen LogP contribution in [0, 0.1) is 11.8 Å². The lowest BCUT2D eigenvalue weighted by atomic mass is 10.1. The van der Waals surface area contributed by atoms with E-state index in [-0.39, 0.29) is 24.1 Å². The highest BCUT2D eigenvalue weighted by Crippen LogP contribution is 2.37. The summed E-state index contributed by atoms with van der Waals surface area (Å²) in [5.74, 6) is 0.461. The van der Waals surface area contributed by atoms with Crippen molar-refractivity contribution in [2.75, 3.05) is 6.54 Å². The third kappa shape index (κ3) is 3.90. The van der Waals surface area contributed by atoms with E-state index < -0.39 is 12.7 Å². The number of halogens is 2. The number of hydrogen-bond donors (Lipinski definition) is 2. The van der Waals surface area contributed by atoms with E-state index in [0.717, 1.165) is 6.42 Å². The zero-order chi connectivity index (χ0) is 14.7. The van der Waals surface area contributed by atoms with Crippen LogP contribution in [0.1, 0.15) is 25.0 Å². The molecule has 3 unspecified atom stereocenters. The smallest absolute Gasteiger partial charge is 0.387 e. The number of aliphatic hydroxyl groups is 1. The number of carbonyl (C=O) groups excluding carboxylic acids is 1. The predicted molar refractivity (Wildman–Crippen MR) is 68.3 cm³/mol. The summed E-state index contributed by atoms with van der Waals surface area (Å²) in [5.41, 5.74) is 0.538. The van der Waals surface area contributed by atoms with Gasteiger partial charge in [-0.15, -0.1) is 0 Å². The van der Waals surface area contributed by atoms with Crippen LogP contribution in [0.5, 0.6) is 5.75 Å². The fourth-order valence-electron chi connectivity index (χ4n) is 2.01. The Morgan fingerprint density at radius 1 is 1.45 bits per heavy atom. The molecular weight excluding hydrogens is 268 g/mol. The molecular formula is C14H17F2NO3. The minimum atomic E-state index is -2.87. The molecule has 0 saturated heterocycles. The number of rotatable bonds is 6. The zero-order valence-electron chi connectivity index (χ0n) is 11.1. The summed E-state index contributed by atoms with van der Waals surface area (Å²) < 4.78 is 28.2. The van der Waals surface area contributed by atoms with E-state index in [1.165, 1.54) is 24.3 Å². The molecule has 0 bridgehead atoms. The van der Waals surface area contributed by atoms with Crippen molar-refractivity contribution in [3.05, 3.63) is 29.8 Å². The minimum absolute atomic E-state index is 0.0341. The van der Waals surface area contributed by atoms with Gasteiger partial charge in [0.2, 0.25) is 5.91 Å². The van der Waals surface area contributed by atoms with Crippen molar-refractivity contribution in [2.24, 2.45) is 11.8 Å². The Bertz CT molecular complexity index is 464. The first-order valence-corrected chi connectivity index (χ1v) is 6.48.